The zero-order valence-electron chi connectivity index (χ0n) is 11.9. The number of carboxylic acids is 1. The summed E-state index contributed by atoms with van der Waals surface area (Å²) in [7, 11) is 0. The minimum Gasteiger partial charge on any atom is -0.481 e. The lowest BCUT2D eigenvalue weighted by molar-refractivity contribution is -0.137. The number of carboxylic acid groups (broad SMARTS) is 1. The molecule has 0 saturated heterocycles. The number of rotatable bonds is 8. The Balaban J connectivity index is 3.77. The van der Waals surface area contributed by atoms with Crippen molar-refractivity contribution in [3.8, 4) is 0 Å². The molecule has 0 aromatic heterocycles. The molecule has 5 heteroatoms. The van der Waals surface area contributed by atoms with Gasteiger partial charge in [0.15, 0.2) is 0 Å². The highest BCUT2D eigenvalue weighted by molar-refractivity contribution is 5.74. The molecule has 2 amide bonds. The van der Waals surface area contributed by atoms with Gasteiger partial charge in [0.25, 0.3) is 0 Å². The molecule has 5 nitrogen and oxygen atoms in total. The van der Waals surface area contributed by atoms with Gasteiger partial charge in [-0.1, -0.05) is 20.8 Å². The largest absolute Gasteiger partial charge is 0.481 e. The molecule has 0 aliphatic heterocycles. The van der Waals surface area contributed by atoms with E-state index in [9.17, 15) is 9.59 Å². The number of nitrogens with one attached hydrogen (secondary N) is 2. The first-order chi connectivity index (χ1) is 8.26. The third-order valence-electron chi connectivity index (χ3n) is 3.09. The molecule has 0 aromatic carbocycles. The first-order valence-corrected chi connectivity index (χ1v) is 6.53. The molecule has 0 rings (SSSR count). The molecule has 18 heavy (non-hydrogen) atoms. The zero-order chi connectivity index (χ0) is 14.2. The third kappa shape index (κ3) is 8.84. The van der Waals surface area contributed by atoms with Gasteiger partial charge in [0.1, 0.15) is 0 Å². The van der Waals surface area contributed by atoms with Crippen LogP contribution in [0.2, 0.25) is 0 Å². The highest BCUT2D eigenvalue weighted by Gasteiger charge is 2.16. The van der Waals surface area contributed by atoms with Crippen LogP contribution >= 0.6 is 0 Å². The summed E-state index contributed by atoms with van der Waals surface area (Å²) >= 11 is 0. The number of hydrogen-bond donors (Lipinski definition) is 3. The maximum Gasteiger partial charge on any atom is 0.315 e. The number of hydrogen-bond acceptors (Lipinski definition) is 2. The fourth-order valence-corrected chi connectivity index (χ4v) is 1.35. The van der Waals surface area contributed by atoms with Crippen molar-refractivity contribution in [3.05, 3.63) is 0 Å². The van der Waals surface area contributed by atoms with Crippen LogP contribution in [0.3, 0.4) is 0 Å². The van der Waals surface area contributed by atoms with Crippen molar-refractivity contribution >= 4 is 12.0 Å². The van der Waals surface area contributed by atoms with Gasteiger partial charge in [-0.15, -0.1) is 0 Å². The van der Waals surface area contributed by atoms with E-state index in [0.717, 1.165) is 6.42 Å². The number of aliphatic carboxylic acids is 1. The molecule has 1 unspecified atom stereocenters. The van der Waals surface area contributed by atoms with Crippen molar-refractivity contribution in [3.63, 3.8) is 0 Å². The Hall–Kier alpha value is -1.26. The fourth-order valence-electron chi connectivity index (χ4n) is 1.35. The number of carbonyl (C=O) groups excluding carboxylic acids is 1. The van der Waals surface area contributed by atoms with Gasteiger partial charge in [0.05, 0.1) is 0 Å². The average molecular weight is 258 g/mol. The molecule has 0 bridgehead atoms. The smallest absolute Gasteiger partial charge is 0.315 e. The monoisotopic (exact) mass is 258 g/mol. The van der Waals surface area contributed by atoms with Crippen molar-refractivity contribution in [2.24, 2.45) is 5.41 Å². The Morgan fingerprint density at radius 3 is 2.44 bits per heavy atom. The van der Waals surface area contributed by atoms with Crippen molar-refractivity contribution in [1.82, 2.24) is 10.6 Å². The second-order valence-electron chi connectivity index (χ2n) is 5.53. The van der Waals surface area contributed by atoms with Crippen molar-refractivity contribution in [1.29, 1.82) is 0 Å². The summed E-state index contributed by atoms with van der Waals surface area (Å²) in [6, 6.07) is -0.187. The van der Waals surface area contributed by atoms with E-state index in [1.54, 1.807) is 0 Å². The van der Waals surface area contributed by atoms with E-state index in [0.29, 0.717) is 19.4 Å². The average Bonchev–Trinajstić information content (AvgIpc) is 2.26. The highest BCUT2D eigenvalue weighted by Crippen LogP contribution is 2.17. The maximum absolute atomic E-state index is 11.6. The minimum absolute atomic E-state index is 0.00547. The SMILES string of the molecule is CCC(C)(C)CNC(=O)NC(C)CCCC(=O)O. The standard InChI is InChI=1S/C13H26N2O3/c1-5-13(3,4)9-14-12(18)15-10(2)7-6-8-11(16)17/h10H,5-9H2,1-4H3,(H,16,17)(H2,14,15,18). The summed E-state index contributed by atoms with van der Waals surface area (Å²) < 4.78 is 0. The van der Waals surface area contributed by atoms with Crippen LogP contribution in [-0.2, 0) is 4.79 Å². The lowest BCUT2D eigenvalue weighted by Gasteiger charge is -2.23. The van der Waals surface area contributed by atoms with Crippen LogP contribution in [0.25, 0.3) is 0 Å². The highest BCUT2D eigenvalue weighted by atomic mass is 16.4. The first-order valence-electron chi connectivity index (χ1n) is 6.53. The second kappa shape index (κ2) is 7.95. The van der Waals surface area contributed by atoms with Gasteiger partial charge in [-0.05, 0) is 31.6 Å². The Kier molecular flexibility index (Phi) is 7.39. The van der Waals surface area contributed by atoms with Crippen LogP contribution in [0.4, 0.5) is 4.79 Å². The van der Waals surface area contributed by atoms with Crippen molar-refractivity contribution in [2.45, 2.75) is 59.4 Å². The number of amides is 2. The Morgan fingerprint density at radius 1 is 1.33 bits per heavy atom. The van der Waals surface area contributed by atoms with Gasteiger partial charge in [-0.2, -0.15) is 0 Å². The van der Waals surface area contributed by atoms with E-state index in [-0.39, 0.29) is 23.9 Å². The van der Waals surface area contributed by atoms with E-state index >= 15 is 0 Å². The van der Waals surface area contributed by atoms with E-state index in [1.807, 2.05) is 6.92 Å². The van der Waals surface area contributed by atoms with Crippen LogP contribution < -0.4 is 10.6 Å². The van der Waals surface area contributed by atoms with Gasteiger partial charge in [-0.3, -0.25) is 4.79 Å². The second-order valence-corrected chi connectivity index (χ2v) is 5.53. The Morgan fingerprint density at radius 2 is 1.94 bits per heavy atom. The summed E-state index contributed by atoms with van der Waals surface area (Å²) in [4.78, 5) is 21.9. The molecular formula is C13H26N2O3. The van der Waals surface area contributed by atoms with Crippen LogP contribution in [0.1, 0.15) is 53.4 Å². The molecule has 0 aliphatic carbocycles. The molecule has 106 valence electrons. The molecule has 0 aliphatic rings. The molecular weight excluding hydrogens is 232 g/mol. The van der Waals surface area contributed by atoms with E-state index in [2.05, 4.69) is 31.4 Å². The van der Waals surface area contributed by atoms with E-state index in [4.69, 9.17) is 5.11 Å². The molecule has 0 heterocycles. The normalized spacial score (nSPS) is 12.9. The molecule has 0 saturated carbocycles. The van der Waals surface area contributed by atoms with Crippen LogP contribution in [0.5, 0.6) is 0 Å². The van der Waals surface area contributed by atoms with E-state index in [1.165, 1.54) is 0 Å². The molecule has 1 atom stereocenters. The van der Waals surface area contributed by atoms with Crippen molar-refractivity contribution < 1.29 is 14.7 Å². The summed E-state index contributed by atoms with van der Waals surface area (Å²) in [5.74, 6) is -0.795. The van der Waals surface area contributed by atoms with Gasteiger partial charge in [0.2, 0.25) is 0 Å². The summed E-state index contributed by atoms with van der Waals surface area (Å²) in [5.41, 5.74) is 0.101. The van der Waals surface area contributed by atoms with Crippen LogP contribution in [0, 0.1) is 5.41 Å². The van der Waals surface area contributed by atoms with Gasteiger partial charge in [-0.25, -0.2) is 4.79 Å². The Bertz CT molecular complexity index is 277. The zero-order valence-corrected chi connectivity index (χ0v) is 11.9. The van der Waals surface area contributed by atoms with Gasteiger partial charge >= 0.3 is 12.0 Å². The van der Waals surface area contributed by atoms with E-state index < -0.39 is 5.97 Å². The van der Waals surface area contributed by atoms with Gasteiger partial charge < -0.3 is 15.7 Å². The molecule has 3 N–H and O–H groups in total. The molecule has 0 aromatic rings. The Labute approximate surface area is 109 Å². The molecule has 0 spiro atoms. The molecule has 0 radical (unpaired) electrons. The fraction of sp³-hybridized carbons (Fsp3) is 0.846. The van der Waals surface area contributed by atoms with Gasteiger partial charge in [0, 0.05) is 19.0 Å². The topological polar surface area (TPSA) is 78.4 Å². The number of urea groups is 1. The van der Waals surface area contributed by atoms with Crippen LogP contribution in [-0.4, -0.2) is 29.7 Å². The quantitative estimate of drug-likeness (QED) is 0.625. The lowest BCUT2D eigenvalue weighted by atomic mass is 9.90. The van der Waals surface area contributed by atoms with Crippen molar-refractivity contribution in [2.75, 3.05) is 6.54 Å². The predicted molar refractivity (Wildman–Crippen MR) is 71.6 cm³/mol. The maximum atomic E-state index is 11.6. The van der Waals surface area contributed by atoms with Crippen LogP contribution in [0.15, 0.2) is 0 Å². The summed E-state index contributed by atoms with van der Waals surface area (Å²) in [6.07, 6.45) is 2.41. The summed E-state index contributed by atoms with van der Waals surface area (Å²) in [5, 5.41) is 14.2. The third-order valence-corrected chi connectivity index (χ3v) is 3.09. The lowest BCUT2D eigenvalue weighted by Crippen LogP contribution is -2.44. The summed E-state index contributed by atoms with van der Waals surface area (Å²) in [6.45, 7) is 8.81. The molecule has 0 fully saturated rings. The number of carbonyl (C=O) groups is 2. The predicted octanol–water partition coefficient (Wildman–Crippen LogP) is 2.37. The minimum atomic E-state index is -0.795. The first kappa shape index (κ1) is 16.7.